The van der Waals surface area contributed by atoms with Gasteiger partial charge in [-0.2, -0.15) is 8.61 Å². The van der Waals surface area contributed by atoms with E-state index >= 15 is 0 Å². The topological polar surface area (TPSA) is 116 Å². The zero-order chi connectivity index (χ0) is 25.1. The molecule has 0 saturated carbocycles. The van der Waals surface area contributed by atoms with Crippen molar-refractivity contribution in [2.75, 3.05) is 64.1 Å². The number of anilines is 1. The second kappa shape index (κ2) is 10.7. The molecule has 2 heterocycles. The maximum atomic E-state index is 12.8. The molecule has 1 amide bonds. The summed E-state index contributed by atoms with van der Waals surface area (Å²) in [5, 5.41) is 2.82. The smallest absolute Gasteiger partial charge is 0.255 e. The lowest BCUT2D eigenvalue weighted by Gasteiger charge is -2.33. The fourth-order valence-electron chi connectivity index (χ4n) is 4.14. The van der Waals surface area contributed by atoms with E-state index in [-0.39, 0.29) is 10.8 Å². The molecule has 2 aromatic carbocycles. The number of hydrogen-bond donors (Lipinski definition) is 1. The van der Waals surface area contributed by atoms with Crippen molar-refractivity contribution in [3.8, 4) is 0 Å². The molecule has 0 radical (unpaired) electrons. The largest absolute Gasteiger partial charge is 0.379 e. The van der Waals surface area contributed by atoms with Gasteiger partial charge in [-0.25, -0.2) is 16.8 Å². The van der Waals surface area contributed by atoms with E-state index in [1.807, 2.05) is 18.2 Å². The molecular formula is C23H30N4O6S2. The summed E-state index contributed by atoms with van der Waals surface area (Å²) in [4.78, 5) is 15.1. The second-order valence-electron chi connectivity index (χ2n) is 8.63. The van der Waals surface area contributed by atoms with Gasteiger partial charge in [0, 0.05) is 57.1 Å². The summed E-state index contributed by atoms with van der Waals surface area (Å²) in [5.74, 6) is -0.294. The number of hydrogen-bond acceptors (Lipinski definition) is 7. The van der Waals surface area contributed by atoms with Crippen LogP contribution >= 0.6 is 0 Å². The van der Waals surface area contributed by atoms with Crippen LogP contribution in [-0.2, 0) is 31.3 Å². The van der Waals surface area contributed by atoms with Gasteiger partial charge < -0.3 is 10.1 Å². The van der Waals surface area contributed by atoms with E-state index in [1.165, 1.54) is 27.0 Å². The molecule has 0 aromatic heterocycles. The van der Waals surface area contributed by atoms with Gasteiger partial charge in [-0.1, -0.05) is 12.1 Å². The van der Waals surface area contributed by atoms with E-state index in [2.05, 4.69) is 10.2 Å². The Kier molecular flexibility index (Phi) is 7.89. The Labute approximate surface area is 206 Å². The number of morpholine rings is 1. The summed E-state index contributed by atoms with van der Waals surface area (Å²) in [6.45, 7) is 4.19. The summed E-state index contributed by atoms with van der Waals surface area (Å²) in [6.07, 6.45) is 1.22. The van der Waals surface area contributed by atoms with Crippen LogP contribution in [0.3, 0.4) is 0 Å². The van der Waals surface area contributed by atoms with Gasteiger partial charge in [0.2, 0.25) is 20.0 Å². The molecule has 2 aliphatic heterocycles. The van der Waals surface area contributed by atoms with E-state index < -0.39 is 20.0 Å². The Hall–Kier alpha value is -2.35. The SMILES string of the molecule is CS(=O)(=O)N1CCN(Cc2cccc(C(=O)Nc3ccc(S(=O)(=O)N4CCOCC4)cc3)c2)CC1. The highest BCUT2D eigenvalue weighted by Crippen LogP contribution is 2.20. The number of carbonyl (C=O) groups is 1. The van der Waals surface area contributed by atoms with Crippen molar-refractivity contribution in [1.29, 1.82) is 0 Å². The molecule has 0 unspecified atom stereocenters. The summed E-state index contributed by atoms with van der Waals surface area (Å²) < 4.78 is 57.0. The lowest BCUT2D eigenvalue weighted by Crippen LogP contribution is -2.47. The van der Waals surface area contributed by atoms with Gasteiger partial charge in [0.25, 0.3) is 5.91 Å². The van der Waals surface area contributed by atoms with Crippen molar-refractivity contribution in [3.05, 3.63) is 59.7 Å². The molecule has 2 fully saturated rings. The molecule has 190 valence electrons. The van der Waals surface area contributed by atoms with Crippen LogP contribution in [0.25, 0.3) is 0 Å². The average molecular weight is 523 g/mol. The molecule has 35 heavy (non-hydrogen) atoms. The van der Waals surface area contributed by atoms with Gasteiger partial charge in [0.15, 0.2) is 0 Å². The zero-order valence-corrected chi connectivity index (χ0v) is 21.2. The Balaban J connectivity index is 1.36. The quantitative estimate of drug-likeness (QED) is 0.578. The molecule has 2 saturated heterocycles. The summed E-state index contributed by atoms with van der Waals surface area (Å²) in [5.41, 5.74) is 1.94. The lowest BCUT2D eigenvalue weighted by molar-refractivity contribution is 0.0730. The number of nitrogens with zero attached hydrogens (tertiary/aromatic N) is 3. The van der Waals surface area contributed by atoms with Crippen LogP contribution in [0.1, 0.15) is 15.9 Å². The molecule has 10 nitrogen and oxygen atoms in total. The number of nitrogens with one attached hydrogen (secondary N) is 1. The highest BCUT2D eigenvalue weighted by molar-refractivity contribution is 7.89. The van der Waals surface area contributed by atoms with Crippen molar-refractivity contribution in [3.63, 3.8) is 0 Å². The predicted molar refractivity (Wildman–Crippen MR) is 132 cm³/mol. The van der Waals surface area contributed by atoms with Gasteiger partial charge in [-0.3, -0.25) is 9.69 Å². The van der Waals surface area contributed by atoms with Crippen molar-refractivity contribution in [2.24, 2.45) is 0 Å². The highest BCUT2D eigenvalue weighted by Gasteiger charge is 2.26. The van der Waals surface area contributed by atoms with Crippen molar-refractivity contribution in [1.82, 2.24) is 13.5 Å². The molecule has 0 aliphatic carbocycles. The number of ether oxygens (including phenoxy) is 1. The molecule has 0 atom stereocenters. The van der Waals surface area contributed by atoms with Crippen LogP contribution in [-0.4, -0.2) is 95.0 Å². The average Bonchev–Trinajstić information content (AvgIpc) is 2.85. The monoisotopic (exact) mass is 522 g/mol. The third kappa shape index (κ3) is 6.46. The van der Waals surface area contributed by atoms with Crippen LogP contribution in [0.4, 0.5) is 5.69 Å². The Morgan fingerprint density at radius 1 is 0.886 bits per heavy atom. The molecule has 12 heteroatoms. The number of rotatable bonds is 7. The third-order valence-electron chi connectivity index (χ3n) is 6.12. The Bertz CT molecular complexity index is 1250. The van der Waals surface area contributed by atoms with Crippen molar-refractivity contribution < 1.29 is 26.4 Å². The van der Waals surface area contributed by atoms with E-state index in [0.29, 0.717) is 70.3 Å². The molecule has 2 aromatic rings. The van der Waals surface area contributed by atoms with E-state index in [9.17, 15) is 21.6 Å². The number of amides is 1. The van der Waals surface area contributed by atoms with Crippen molar-refractivity contribution in [2.45, 2.75) is 11.4 Å². The van der Waals surface area contributed by atoms with Gasteiger partial charge in [0.1, 0.15) is 0 Å². The first-order valence-corrected chi connectivity index (χ1v) is 14.7. The van der Waals surface area contributed by atoms with Gasteiger partial charge >= 0.3 is 0 Å². The summed E-state index contributed by atoms with van der Waals surface area (Å²) in [7, 11) is -6.77. The van der Waals surface area contributed by atoms with Crippen LogP contribution in [0.2, 0.25) is 0 Å². The summed E-state index contributed by atoms with van der Waals surface area (Å²) in [6, 6.07) is 13.4. The molecule has 1 N–H and O–H groups in total. The van der Waals surface area contributed by atoms with E-state index in [1.54, 1.807) is 18.2 Å². The second-order valence-corrected chi connectivity index (χ2v) is 12.6. The first-order valence-electron chi connectivity index (χ1n) is 11.4. The van der Waals surface area contributed by atoms with Crippen LogP contribution in [0, 0.1) is 0 Å². The molecular weight excluding hydrogens is 492 g/mol. The van der Waals surface area contributed by atoms with Crippen LogP contribution in [0.5, 0.6) is 0 Å². The van der Waals surface area contributed by atoms with Crippen LogP contribution < -0.4 is 5.32 Å². The molecule has 0 spiro atoms. The molecule has 0 bridgehead atoms. The number of benzene rings is 2. The number of sulfonamides is 2. The summed E-state index contributed by atoms with van der Waals surface area (Å²) >= 11 is 0. The maximum Gasteiger partial charge on any atom is 0.255 e. The first-order chi connectivity index (χ1) is 16.6. The van der Waals surface area contributed by atoms with Crippen LogP contribution in [0.15, 0.2) is 53.4 Å². The normalized spacial score (nSPS) is 18.9. The van der Waals surface area contributed by atoms with Crippen molar-refractivity contribution >= 4 is 31.6 Å². The minimum absolute atomic E-state index is 0.176. The predicted octanol–water partition coefficient (Wildman–Crippen LogP) is 1.04. The standard InChI is InChI=1S/C23H30N4O6S2/c1-34(29,30)26-11-9-25(10-12-26)18-19-3-2-4-20(17-19)23(28)24-21-5-7-22(8-6-21)35(31,32)27-13-15-33-16-14-27/h2-8,17H,9-16,18H2,1H3,(H,24,28). The maximum absolute atomic E-state index is 12.8. The molecule has 2 aliphatic rings. The molecule has 4 rings (SSSR count). The number of carbonyl (C=O) groups excluding carboxylic acids is 1. The van der Waals surface area contributed by atoms with Gasteiger partial charge in [0.05, 0.1) is 24.4 Å². The van der Waals surface area contributed by atoms with E-state index in [4.69, 9.17) is 4.74 Å². The fourth-order valence-corrected chi connectivity index (χ4v) is 6.37. The van der Waals surface area contributed by atoms with E-state index in [0.717, 1.165) is 5.56 Å². The minimum atomic E-state index is -3.59. The number of piperazine rings is 1. The van der Waals surface area contributed by atoms with Gasteiger partial charge in [-0.15, -0.1) is 0 Å². The Morgan fingerprint density at radius 3 is 2.17 bits per heavy atom. The fraction of sp³-hybridized carbons (Fsp3) is 0.435. The third-order valence-corrected chi connectivity index (χ3v) is 9.33. The Morgan fingerprint density at radius 2 is 1.54 bits per heavy atom. The first kappa shape index (κ1) is 25.7. The minimum Gasteiger partial charge on any atom is -0.379 e. The highest BCUT2D eigenvalue weighted by atomic mass is 32.2. The zero-order valence-electron chi connectivity index (χ0n) is 19.6. The van der Waals surface area contributed by atoms with Gasteiger partial charge in [-0.05, 0) is 42.0 Å². The lowest BCUT2D eigenvalue weighted by atomic mass is 10.1.